The monoisotopic (exact) mass is 310 g/mol. The standard InChI is InChI=1S/C10H14N8O4/c1-3-21-9(19)7-11-13-15-17(7)5-6-18-8(12-14-16-18)10(20)22-4-2/h3-6H2,1-2H3. The first kappa shape index (κ1) is 15.5. The summed E-state index contributed by atoms with van der Waals surface area (Å²) >= 11 is 0. The molecule has 0 radical (unpaired) electrons. The Kier molecular flexibility index (Phi) is 5.06. The summed E-state index contributed by atoms with van der Waals surface area (Å²) in [6.07, 6.45) is 0. The molecule has 2 aromatic heterocycles. The normalized spacial score (nSPS) is 10.5. The van der Waals surface area contributed by atoms with Crippen LogP contribution in [0.25, 0.3) is 0 Å². The van der Waals surface area contributed by atoms with Crippen molar-refractivity contribution in [3.8, 4) is 0 Å². The van der Waals surface area contributed by atoms with E-state index in [-0.39, 0.29) is 38.0 Å². The van der Waals surface area contributed by atoms with Gasteiger partial charge in [0.2, 0.25) is 0 Å². The van der Waals surface area contributed by atoms with Crippen LogP contribution in [0.4, 0.5) is 0 Å². The summed E-state index contributed by atoms with van der Waals surface area (Å²) in [5, 5.41) is 21.4. The molecule has 22 heavy (non-hydrogen) atoms. The van der Waals surface area contributed by atoms with E-state index in [9.17, 15) is 9.59 Å². The maximum Gasteiger partial charge on any atom is 0.378 e. The first-order valence-corrected chi connectivity index (χ1v) is 6.53. The smallest absolute Gasteiger partial charge is 0.378 e. The van der Waals surface area contributed by atoms with Crippen LogP contribution in [-0.2, 0) is 22.6 Å². The van der Waals surface area contributed by atoms with Gasteiger partial charge >= 0.3 is 11.9 Å². The van der Waals surface area contributed by atoms with Gasteiger partial charge in [0.1, 0.15) is 0 Å². The first-order valence-electron chi connectivity index (χ1n) is 6.53. The molecule has 118 valence electrons. The van der Waals surface area contributed by atoms with Crippen LogP contribution in [0.3, 0.4) is 0 Å². The van der Waals surface area contributed by atoms with Gasteiger partial charge in [-0.2, -0.15) is 0 Å². The summed E-state index contributed by atoms with van der Waals surface area (Å²) in [6, 6.07) is 0. The Balaban J connectivity index is 2.06. The SMILES string of the molecule is CCOC(=O)c1nnnn1CCn1nnnc1C(=O)OCC. The highest BCUT2D eigenvalue weighted by atomic mass is 16.5. The molecule has 0 aromatic carbocycles. The Morgan fingerprint density at radius 1 is 0.864 bits per heavy atom. The van der Waals surface area contributed by atoms with E-state index < -0.39 is 11.9 Å². The lowest BCUT2D eigenvalue weighted by Gasteiger charge is -2.05. The number of carbonyl (C=O) groups is 2. The second-order valence-electron chi connectivity index (χ2n) is 3.89. The molecular weight excluding hydrogens is 296 g/mol. The van der Waals surface area contributed by atoms with Gasteiger partial charge in [-0.25, -0.2) is 19.0 Å². The lowest BCUT2D eigenvalue weighted by Crippen LogP contribution is -2.20. The molecule has 0 aliphatic rings. The zero-order chi connectivity index (χ0) is 15.9. The fourth-order valence-electron chi connectivity index (χ4n) is 1.58. The van der Waals surface area contributed by atoms with Gasteiger partial charge in [-0.05, 0) is 34.7 Å². The van der Waals surface area contributed by atoms with Gasteiger partial charge in [0.25, 0.3) is 11.6 Å². The van der Waals surface area contributed by atoms with Crippen molar-refractivity contribution >= 4 is 11.9 Å². The highest BCUT2D eigenvalue weighted by molar-refractivity contribution is 5.85. The van der Waals surface area contributed by atoms with Gasteiger partial charge in [-0.1, -0.05) is 0 Å². The van der Waals surface area contributed by atoms with Gasteiger partial charge in [-0.3, -0.25) is 0 Å². The lowest BCUT2D eigenvalue weighted by atomic mass is 10.5. The number of esters is 2. The number of nitrogens with zero attached hydrogens (tertiary/aromatic N) is 8. The molecule has 0 fully saturated rings. The topological polar surface area (TPSA) is 140 Å². The molecule has 2 heterocycles. The zero-order valence-electron chi connectivity index (χ0n) is 12.0. The van der Waals surface area contributed by atoms with Crippen molar-refractivity contribution < 1.29 is 19.1 Å². The van der Waals surface area contributed by atoms with Crippen LogP contribution in [-0.4, -0.2) is 65.6 Å². The molecule has 0 amide bonds. The number of tetrazole rings is 2. The lowest BCUT2D eigenvalue weighted by molar-refractivity contribution is 0.0489. The number of aromatic nitrogens is 8. The van der Waals surface area contributed by atoms with Crippen LogP contribution in [0, 0.1) is 0 Å². The fourth-order valence-corrected chi connectivity index (χ4v) is 1.58. The summed E-state index contributed by atoms with van der Waals surface area (Å²) in [4.78, 5) is 23.3. The van der Waals surface area contributed by atoms with Crippen molar-refractivity contribution in [3.05, 3.63) is 11.6 Å². The van der Waals surface area contributed by atoms with E-state index in [0.29, 0.717) is 0 Å². The van der Waals surface area contributed by atoms with Gasteiger partial charge in [-0.15, -0.1) is 10.2 Å². The van der Waals surface area contributed by atoms with E-state index in [1.807, 2.05) is 0 Å². The van der Waals surface area contributed by atoms with Crippen LogP contribution in [0.5, 0.6) is 0 Å². The molecule has 0 unspecified atom stereocenters. The molecular formula is C10H14N8O4. The quantitative estimate of drug-likeness (QED) is 0.567. The summed E-state index contributed by atoms with van der Waals surface area (Å²) in [5.41, 5.74) is 0. The highest BCUT2D eigenvalue weighted by Crippen LogP contribution is 2.00. The third kappa shape index (κ3) is 3.39. The van der Waals surface area contributed by atoms with Crippen LogP contribution in [0.2, 0.25) is 0 Å². The average Bonchev–Trinajstić information content (AvgIpc) is 3.14. The maximum absolute atomic E-state index is 11.6. The second-order valence-corrected chi connectivity index (χ2v) is 3.89. The molecule has 12 nitrogen and oxygen atoms in total. The molecule has 2 aromatic rings. The molecule has 0 bridgehead atoms. The molecule has 0 atom stereocenters. The number of carbonyl (C=O) groups excluding carboxylic acids is 2. The molecule has 12 heteroatoms. The fraction of sp³-hybridized carbons (Fsp3) is 0.600. The van der Waals surface area contributed by atoms with Crippen molar-refractivity contribution in [1.29, 1.82) is 0 Å². The van der Waals surface area contributed by atoms with E-state index in [2.05, 4.69) is 31.1 Å². The Morgan fingerprint density at radius 2 is 1.27 bits per heavy atom. The second kappa shape index (κ2) is 7.19. The Hall–Kier alpha value is -2.92. The van der Waals surface area contributed by atoms with Crippen LogP contribution < -0.4 is 0 Å². The molecule has 0 saturated heterocycles. The Labute approximate surface area is 124 Å². The van der Waals surface area contributed by atoms with Gasteiger partial charge in [0, 0.05) is 0 Å². The van der Waals surface area contributed by atoms with E-state index in [1.165, 1.54) is 9.36 Å². The predicted octanol–water partition coefficient (Wildman–Crippen LogP) is -1.29. The maximum atomic E-state index is 11.6. The van der Waals surface area contributed by atoms with E-state index in [4.69, 9.17) is 9.47 Å². The highest BCUT2D eigenvalue weighted by Gasteiger charge is 2.19. The summed E-state index contributed by atoms with van der Waals surface area (Å²) in [7, 11) is 0. The van der Waals surface area contributed by atoms with Crippen molar-refractivity contribution in [1.82, 2.24) is 40.4 Å². The molecule has 0 aliphatic heterocycles. The van der Waals surface area contributed by atoms with E-state index in [0.717, 1.165) is 0 Å². The van der Waals surface area contributed by atoms with Crippen LogP contribution in [0.1, 0.15) is 35.1 Å². The van der Waals surface area contributed by atoms with Gasteiger partial charge < -0.3 is 9.47 Å². The molecule has 0 N–H and O–H groups in total. The molecule has 0 saturated carbocycles. The third-order valence-corrected chi connectivity index (χ3v) is 2.50. The first-order chi connectivity index (χ1) is 10.7. The minimum atomic E-state index is -0.630. The summed E-state index contributed by atoms with van der Waals surface area (Å²) in [6.45, 7) is 4.14. The predicted molar refractivity (Wildman–Crippen MR) is 67.5 cm³/mol. The van der Waals surface area contributed by atoms with E-state index >= 15 is 0 Å². The number of hydrogen-bond acceptors (Lipinski definition) is 10. The van der Waals surface area contributed by atoms with Gasteiger partial charge in [0.05, 0.1) is 26.3 Å². The van der Waals surface area contributed by atoms with Crippen LogP contribution >= 0.6 is 0 Å². The van der Waals surface area contributed by atoms with Gasteiger partial charge in [0.15, 0.2) is 0 Å². The van der Waals surface area contributed by atoms with Crippen molar-refractivity contribution in [3.63, 3.8) is 0 Å². The third-order valence-electron chi connectivity index (χ3n) is 2.50. The number of ether oxygens (including phenoxy) is 2. The van der Waals surface area contributed by atoms with E-state index in [1.54, 1.807) is 13.8 Å². The minimum Gasteiger partial charge on any atom is -0.460 e. The molecule has 0 aliphatic carbocycles. The van der Waals surface area contributed by atoms with Crippen molar-refractivity contribution in [2.45, 2.75) is 26.9 Å². The Bertz CT molecular complexity index is 595. The zero-order valence-corrected chi connectivity index (χ0v) is 12.0. The Morgan fingerprint density at radius 3 is 1.64 bits per heavy atom. The number of aryl methyl sites for hydroxylation is 2. The average molecular weight is 310 g/mol. The number of rotatable bonds is 7. The van der Waals surface area contributed by atoms with Crippen LogP contribution in [0.15, 0.2) is 0 Å². The summed E-state index contributed by atoms with van der Waals surface area (Å²) < 4.78 is 12.2. The van der Waals surface area contributed by atoms with Crippen molar-refractivity contribution in [2.75, 3.05) is 13.2 Å². The largest absolute Gasteiger partial charge is 0.460 e. The summed E-state index contributed by atoms with van der Waals surface area (Å²) in [5.74, 6) is -1.33. The number of hydrogen-bond donors (Lipinski definition) is 0. The molecule has 0 spiro atoms. The minimum absolute atomic E-state index is 0.0346. The van der Waals surface area contributed by atoms with Crippen molar-refractivity contribution in [2.24, 2.45) is 0 Å². The molecule has 2 rings (SSSR count).